The van der Waals surface area contributed by atoms with Crippen LogP contribution in [0.5, 0.6) is 0 Å². The normalized spacial score (nSPS) is 10.8. The first-order chi connectivity index (χ1) is 4.41. The van der Waals surface area contributed by atoms with E-state index in [2.05, 4.69) is 6.92 Å². The van der Waals surface area contributed by atoms with E-state index in [1.807, 2.05) is 6.08 Å². The second-order valence-corrected chi connectivity index (χ2v) is 2.28. The summed E-state index contributed by atoms with van der Waals surface area (Å²) in [5, 5.41) is 0. The van der Waals surface area contributed by atoms with Crippen LogP contribution in [0.4, 0.5) is 0 Å². The molecular weight excluding hydrogens is 110 g/mol. The number of unbranched alkanes of at least 4 members (excludes halogenated alkanes) is 4. The Bertz CT molecular complexity index is 67.0. The molecular formula is C8H17N. The Morgan fingerprint density at radius 2 is 2.00 bits per heavy atom. The first-order valence-electron chi connectivity index (χ1n) is 3.78. The van der Waals surface area contributed by atoms with Gasteiger partial charge in [0.1, 0.15) is 0 Å². The molecule has 2 N–H and O–H groups in total. The highest BCUT2D eigenvalue weighted by molar-refractivity contribution is 4.74. The average molecular weight is 127 g/mol. The summed E-state index contributed by atoms with van der Waals surface area (Å²) in [6.45, 7) is 2.22. The van der Waals surface area contributed by atoms with Gasteiger partial charge >= 0.3 is 0 Å². The highest BCUT2D eigenvalue weighted by Crippen LogP contribution is 2.01. The van der Waals surface area contributed by atoms with Crippen LogP contribution in [0, 0.1) is 0 Å². The molecule has 0 heterocycles. The summed E-state index contributed by atoms with van der Waals surface area (Å²) in [5.74, 6) is 0. The smallest absolute Gasteiger partial charge is 0.0103 e. The van der Waals surface area contributed by atoms with E-state index < -0.39 is 0 Å². The van der Waals surface area contributed by atoms with E-state index in [9.17, 15) is 0 Å². The van der Waals surface area contributed by atoms with Crippen LogP contribution in [-0.2, 0) is 0 Å². The molecule has 0 saturated heterocycles. The first kappa shape index (κ1) is 8.54. The molecule has 0 aromatic rings. The fraction of sp³-hybridized carbons (Fsp3) is 0.750. The lowest BCUT2D eigenvalue weighted by Crippen LogP contribution is -1.77. The Morgan fingerprint density at radius 1 is 1.22 bits per heavy atom. The van der Waals surface area contributed by atoms with Gasteiger partial charge in [0.15, 0.2) is 0 Å². The summed E-state index contributed by atoms with van der Waals surface area (Å²) >= 11 is 0. The second kappa shape index (κ2) is 7.54. The Morgan fingerprint density at radius 3 is 2.56 bits per heavy atom. The zero-order chi connectivity index (χ0) is 6.95. The molecule has 0 fully saturated rings. The first-order valence-corrected chi connectivity index (χ1v) is 3.78. The van der Waals surface area contributed by atoms with Crippen molar-refractivity contribution < 1.29 is 0 Å². The van der Waals surface area contributed by atoms with Gasteiger partial charge in [-0.1, -0.05) is 32.3 Å². The molecule has 0 aliphatic rings. The van der Waals surface area contributed by atoms with Crippen LogP contribution < -0.4 is 5.73 Å². The fourth-order valence-corrected chi connectivity index (χ4v) is 0.785. The fourth-order valence-electron chi connectivity index (χ4n) is 0.785. The van der Waals surface area contributed by atoms with Crippen molar-refractivity contribution in [2.24, 2.45) is 5.73 Å². The molecule has 0 rings (SSSR count). The Balaban J connectivity index is 2.75. The van der Waals surface area contributed by atoms with Crippen molar-refractivity contribution in [3.8, 4) is 0 Å². The van der Waals surface area contributed by atoms with E-state index in [1.165, 1.54) is 25.7 Å². The standard InChI is InChI=1S/C8H17N/c1-2-3-4-5-6-7-8-9/h7-8H,2-6,9H2,1H3. The van der Waals surface area contributed by atoms with Crippen molar-refractivity contribution in [1.82, 2.24) is 0 Å². The van der Waals surface area contributed by atoms with E-state index >= 15 is 0 Å². The third kappa shape index (κ3) is 7.54. The lowest BCUT2D eigenvalue weighted by molar-refractivity contribution is 0.674. The SMILES string of the molecule is CCCCCCC=CN. The van der Waals surface area contributed by atoms with Crippen LogP contribution in [0.25, 0.3) is 0 Å². The summed E-state index contributed by atoms with van der Waals surface area (Å²) < 4.78 is 0. The molecule has 1 heteroatoms. The van der Waals surface area contributed by atoms with Crippen molar-refractivity contribution >= 4 is 0 Å². The molecule has 0 atom stereocenters. The quantitative estimate of drug-likeness (QED) is 0.564. The molecule has 1 nitrogen and oxygen atoms in total. The molecule has 0 amide bonds. The van der Waals surface area contributed by atoms with Crippen LogP contribution in [0.15, 0.2) is 12.3 Å². The molecule has 0 aliphatic carbocycles. The van der Waals surface area contributed by atoms with Gasteiger partial charge in [0.05, 0.1) is 0 Å². The Labute approximate surface area is 57.9 Å². The van der Waals surface area contributed by atoms with Gasteiger partial charge in [-0.25, -0.2) is 0 Å². The molecule has 54 valence electrons. The molecule has 0 aromatic carbocycles. The lowest BCUT2D eigenvalue weighted by atomic mass is 10.1. The second-order valence-electron chi connectivity index (χ2n) is 2.28. The van der Waals surface area contributed by atoms with Gasteiger partial charge in [-0.05, 0) is 19.0 Å². The van der Waals surface area contributed by atoms with E-state index in [1.54, 1.807) is 6.20 Å². The number of hydrogen-bond acceptors (Lipinski definition) is 1. The summed E-state index contributed by atoms with van der Waals surface area (Å²) in [6.07, 6.45) is 10.1. The zero-order valence-electron chi connectivity index (χ0n) is 6.27. The van der Waals surface area contributed by atoms with Gasteiger partial charge in [-0.3, -0.25) is 0 Å². The molecule has 0 aliphatic heterocycles. The topological polar surface area (TPSA) is 26.0 Å². The minimum Gasteiger partial charge on any atom is -0.405 e. The van der Waals surface area contributed by atoms with Gasteiger partial charge in [0, 0.05) is 0 Å². The number of allylic oxidation sites excluding steroid dienone is 1. The van der Waals surface area contributed by atoms with Crippen molar-refractivity contribution in [2.75, 3.05) is 0 Å². The largest absolute Gasteiger partial charge is 0.405 e. The maximum absolute atomic E-state index is 5.16. The lowest BCUT2D eigenvalue weighted by Gasteiger charge is -1.92. The molecule has 0 aromatic heterocycles. The van der Waals surface area contributed by atoms with Gasteiger partial charge in [-0.15, -0.1) is 0 Å². The summed E-state index contributed by atoms with van der Waals surface area (Å²) in [4.78, 5) is 0. The Hall–Kier alpha value is -0.460. The van der Waals surface area contributed by atoms with E-state index in [0.717, 1.165) is 6.42 Å². The predicted octanol–water partition coefficient (Wildman–Crippen LogP) is 2.43. The van der Waals surface area contributed by atoms with E-state index in [4.69, 9.17) is 5.73 Å². The summed E-state index contributed by atoms with van der Waals surface area (Å²) in [7, 11) is 0. The minimum atomic E-state index is 1.15. The van der Waals surface area contributed by atoms with Crippen molar-refractivity contribution in [3.05, 3.63) is 12.3 Å². The molecule has 0 unspecified atom stereocenters. The third-order valence-electron chi connectivity index (χ3n) is 1.36. The van der Waals surface area contributed by atoms with Gasteiger partial charge in [0.2, 0.25) is 0 Å². The number of nitrogens with two attached hydrogens (primary N) is 1. The Kier molecular flexibility index (Phi) is 7.15. The molecule has 0 spiro atoms. The van der Waals surface area contributed by atoms with Crippen molar-refractivity contribution in [1.29, 1.82) is 0 Å². The zero-order valence-corrected chi connectivity index (χ0v) is 6.27. The van der Waals surface area contributed by atoms with Crippen LogP contribution >= 0.6 is 0 Å². The monoisotopic (exact) mass is 127 g/mol. The van der Waals surface area contributed by atoms with Crippen LogP contribution in [0.1, 0.15) is 39.0 Å². The maximum Gasteiger partial charge on any atom is -0.0103 e. The number of rotatable bonds is 5. The van der Waals surface area contributed by atoms with E-state index in [-0.39, 0.29) is 0 Å². The highest BCUT2D eigenvalue weighted by atomic mass is 14.5. The van der Waals surface area contributed by atoms with Gasteiger partial charge < -0.3 is 5.73 Å². The molecule has 0 saturated carbocycles. The van der Waals surface area contributed by atoms with Crippen LogP contribution in [0.2, 0.25) is 0 Å². The number of hydrogen-bond donors (Lipinski definition) is 1. The highest BCUT2D eigenvalue weighted by Gasteiger charge is 1.82. The molecule has 0 radical (unpaired) electrons. The minimum absolute atomic E-state index is 1.15. The summed E-state index contributed by atoms with van der Waals surface area (Å²) in [5.41, 5.74) is 5.16. The van der Waals surface area contributed by atoms with Gasteiger partial charge in [-0.2, -0.15) is 0 Å². The average Bonchev–Trinajstić information content (AvgIpc) is 1.89. The predicted molar refractivity (Wildman–Crippen MR) is 42.1 cm³/mol. The van der Waals surface area contributed by atoms with Gasteiger partial charge in [0.25, 0.3) is 0 Å². The molecule has 0 bridgehead atoms. The van der Waals surface area contributed by atoms with Crippen molar-refractivity contribution in [2.45, 2.75) is 39.0 Å². The van der Waals surface area contributed by atoms with Crippen LogP contribution in [-0.4, -0.2) is 0 Å². The van der Waals surface area contributed by atoms with Crippen molar-refractivity contribution in [3.63, 3.8) is 0 Å². The summed E-state index contributed by atoms with van der Waals surface area (Å²) in [6, 6.07) is 0. The third-order valence-corrected chi connectivity index (χ3v) is 1.36. The maximum atomic E-state index is 5.16. The van der Waals surface area contributed by atoms with E-state index in [0.29, 0.717) is 0 Å². The molecule has 9 heavy (non-hydrogen) atoms. The van der Waals surface area contributed by atoms with Crippen LogP contribution in [0.3, 0.4) is 0 Å².